The van der Waals surface area contributed by atoms with Gasteiger partial charge in [-0.2, -0.15) is 0 Å². The van der Waals surface area contributed by atoms with Gasteiger partial charge in [-0.15, -0.1) is 0 Å². The third-order valence-corrected chi connectivity index (χ3v) is 5.55. The van der Waals surface area contributed by atoms with Crippen LogP contribution in [0.3, 0.4) is 0 Å². The number of benzene rings is 1. The van der Waals surface area contributed by atoms with E-state index in [1.807, 2.05) is 12.1 Å². The molecule has 0 spiro atoms. The number of rotatable bonds is 3. The number of amides is 1. The standard InChI is InChI=1S/C17H17BrN2O4S/c1-9-14(16(22)24-3)15(11-8-10(18)4-5-12(11)23-2)20-13(21)6-7-25-17(20)19-9/h4-5,8,15H,6-7H2,1-3H3/t15-/m1/s1. The van der Waals surface area contributed by atoms with Crippen molar-refractivity contribution in [2.75, 3.05) is 20.0 Å². The molecule has 0 unspecified atom stereocenters. The number of esters is 1. The van der Waals surface area contributed by atoms with Gasteiger partial charge in [0.25, 0.3) is 0 Å². The Morgan fingerprint density at radius 2 is 2.16 bits per heavy atom. The van der Waals surface area contributed by atoms with Crippen LogP contribution in [0.4, 0.5) is 0 Å². The summed E-state index contributed by atoms with van der Waals surface area (Å²) in [5.41, 5.74) is 1.60. The number of hydrogen-bond acceptors (Lipinski definition) is 6. The van der Waals surface area contributed by atoms with Crippen LogP contribution in [0.15, 0.2) is 38.9 Å². The van der Waals surface area contributed by atoms with Crippen molar-refractivity contribution in [2.24, 2.45) is 4.99 Å². The third-order valence-electron chi connectivity index (χ3n) is 4.10. The van der Waals surface area contributed by atoms with Crippen LogP contribution in [0.25, 0.3) is 0 Å². The Kier molecular flexibility index (Phi) is 5.19. The van der Waals surface area contributed by atoms with E-state index in [0.717, 1.165) is 4.47 Å². The minimum atomic E-state index is -0.632. The zero-order chi connectivity index (χ0) is 18.1. The number of carbonyl (C=O) groups is 2. The van der Waals surface area contributed by atoms with Gasteiger partial charge in [0.2, 0.25) is 5.91 Å². The molecule has 0 aliphatic carbocycles. The summed E-state index contributed by atoms with van der Waals surface area (Å²) < 4.78 is 11.3. The molecule has 6 nitrogen and oxygen atoms in total. The number of aliphatic imine (C=N–C) groups is 1. The SMILES string of the molecule is COC(=O)C1=C(C)N=C2SCCC(=O)N2[C@@H]1c1cc(Br)ccc1OC. The summed E-state index contributed by atoms with van der Waals surface area (Å²) in [5.74, 6) is 0.693. The summed E-state index contributed by atoms with van der Waals surface area (Å²) in [4.78, 5) is 31.2. The molecular formula is C17H17BrN2O4S. The monoisotopic (exact) mass is 424 g/mol. The van der Waals surface area contributed by atoms with Crippen molar-refractivity contribution in [1.29, 1.82) is 0 Å². The molecule has 2 aliphatic heterocycles. The van der Waals surface area contributed by atoms with E-state index in [-0.39, 0.29) is 5.91 Å². The van der Waals surface area contributed by atoms with Gasteiger partial charge < -0.3 is 9.47 Å². The van der Waals surface area contributed by atoms with E-state index in [1.165, 1.54) is 18.9 Å². The van der Waals surface area contributed by atoms with E-state index < -0.39 is 12.0 Å². The number of fused-ring (bicyclic) bond motifs is 1. The molecule has 1 amide bonds. The Balaban J connectivity index is 2.25. The second-order valence-corrected chi connectivity index (χ2v) is 7.51. The molecule has 0 aromatic heterocycles. The first-order valence-electron chi connectivity index (χ1n) is 7.64. The van der Waals surface area contributed by atoms with Crippen molar-refractivity contribution in [3.05, 3.63) is 39.5 Å². The molecule has 2 heterocycles. The molecule has 0 bridgehead atoms. The maximum Gasteiger partial charge on any atom is 0.338 e. The van der Waals surface area contributed by atoms with Crippen LogP contribution in [-0.4, -0.2) is 41.9 Å². The number of hydrogen-bond donors (Lipinski definition) is 0. The van der Waals surface area contributed by atoms with Gasteiger partial charge in [0.1, 0.15) is 11.8 Å². The number of ether oxygens (including phenoxy) is 2. The van der Waals surface area contributed by atoms with Gasteiger partial charge in [-0.1, -0.05) is 27.7 Å². The minimum Gasteiger partial charge on any atom is -0.496 e. The minimum absolute atomic E-state index is 0.0709. The van der Waals surface area contributed by atoms with E-state index in [9.17, 15) is 9.59 Å². The molecule has 3 rings (SSSR count). The zero-order valence-electron chi connectivity index (χ0n) is 14.0. The lowest BCUT2D eigenvalue weighted by Gasteiger charge is -2.39. The van der Waals surface area contributed by atoms with Crippen LogP contribution in [-0.2, 0) is 14.3 Å². The summed E-state index contributed by atoms with van der Waals surface area (Å²) >= 11 is 4.97. The number of amidine groups is 1. The summed E-state index contributed by atoms with van der Waals surface area (Å²) in [7, 11) is 2.88. The van der Waals surface area contributed by atoms with Gasteiger partial charge in [0.15, 0.2) is 5.17 Å². The number of allylic oxidation sites excluding steroid dienone is 1. The largest absolute Gasteiger partial charge is 0.496 e. The van der Waals surface area contributed by atoms with Crippen molar-refractivity contribution in [1.82, 2.24) is 4.90 Å². The van der Waals surface area contributed by atoms with Gasteiger partial charge in [-0.25, -0.2) is 9.79 Å². The van der Waals surface area contributed by atoms with E-state index in [0.29, 0.717) is 39.9 Å². The molecular weight excluding hydrogens is 408 g/mol. The number of halogens is 1. The molecule has 1 aromatic rings. The van der Waals surface area contributed by atoms with Crippen molar-refractivity contribution in [3.8, 4) is 5.75 Å². The molecule has 1 atom stereocenters. The molecule has 8 heteroatoms. The van der Waals surface area contributed by atoms with E-state index >= 15 is 0 Å². The van der Waals surface area contributed by atoms with E-state index in [2.05, 4.69) is 20.9 Å². The number of nitrogens with zero attached hydrogens (tertiary/aromatic N) is 2. The predicted octanol–water partition coefficient (Wildman–Crippen LogP) is 3.28. The first-order chi connectivity index (χ1) is 12.0. The molecule has 0 saturated carbocycles. The lowest BCUT2D eigenvalue weighted by Crippen LogP contribution is -2.45. The molecule has 2 aliphatic rings. The van der Waals surface area contributed by atoms with E-state index in [1.54, 1.807) is 25.0 Å². The molecule has 1 aromatic carbocycles. The topological polar surface area (TPSA) is 68.2 Å². The molecule has 1 saturated heterocycles. The third kappa shape index (κ3) is 3.20. The van der Waals surface area contributed by atoms with Crippen LogP contribution in [0.1, 0.15) is 24.9 Å². The number of methoxy groups -OCH3 is 2. The summed E-state index contributed by atoms with van der Waals surface area (Å²) in [5, 5.41) is 0.605. The Bertz CT molecular complexity index is 806. The average molecular weight is 425 g/mol. The fourth-order valence-electron chi connectivity index (χ4n) is 2.98. The molecule has 0 radical (unpaired) electrons. The second-order valence-electron chi connectivity index (χ2n) is 5.54. The highest BCUT2D eigenvalue weighted by molar-refractivity contribution is 9.10. The second kappa shape index (κ2) is 7.21. The Morgan fingerprint density at radius 1 is 1.40 bits per heavy atom. The molecule has 132 valence electrons. The highest BCUT2D eigenvalue weighted by Crippen LogP contribution is 2.43. The van der Waals surface area contributed by atoms with Crippen LogP contribution in [0, 0.1) is 0 Å². The fraction of sp³-hybridized carbons (Fsp3) is 0.353. The first kappa shape index (κ1) is 18.0. The lowest BCUT2D eigenvalue weighted by atomic mass is 9.93. The quantitative estimate of drug-likeness (QED) is 0.696. The lowest BCUT2D eigenvalue weighted by molar-refractivity contribution is -0.137. The smallest absolute Gasteiger partial charge is 0.338 e. The molecule has 1 fully saturated rings. The highest BCUT2D eigenvalue weighted by atomic mass is 79.9. The van der Waals surface area contributed by atoms with Crippen molar-refractivity contribution >= 4 is 44.7 Å². The molecule has 25 heavy (non-hydrogen) atoms. The summed E-state index contributed by atoms with van der Waals surface area (Å²) in [6.07, 6.45) is 0.393. The number of thioether (sulfide) groups is 1. The first-order valence-corrected chi connectivity index (χ1v) is 9.41. The highest BCUT2D eigenvalue weighted by Gasteiger charge is 2.42. The zero-order valence-corrected chi connectivity index (χ0v) is 16.4. The van der Waals surface area contributed by atoms with Gasteiger partial charge in [0, 0.05) is 22.2 Å². The summed E-state index contributed by atoms with van der Waals surface area (Å²) in [6.45, 7) is 1.76. The van der Waals surface area contributed by atoms with Crippen molar-refractivity contribution < 1.29 is 19.1 Å². The van der Waals surface area contributed by atoms with E-state index in [4.69, 9.17) is 9.47 Å². The van der Waals surface area contributed by atoms with Crippen LogP contribution >= 0.6 is 27.7 Å². The van der Waals surface area contributed by atoms with Gasteiger partial charge in [-0.3, -0.25) is 9.69 Å². The van der Waals surface area contributed by atoms with Crippen molar-refractivity contribution in [2.45, 2.75) is 19.4 Å². The predicted molar refractivity (Wildman–Crippen MR) is 99.5 cm³/mol. The van der Waals surface area contributed by atoms with Crippen LogP contribution in [0.2, 0.25) is 0 Å². The molecule has 0 N–H and O–H groups in total. The maximum absolute atomic E-state index is 12.7. The van der Waals surface area contributed by atoms with Gasteiger partial charge in [0.05, 0.1) is 25.5 Å². The Hall–Kier alpha value is -1.80. The summed E-state index contributed by atoms with van der Waals surface area (Å²) in [6, 6.07) is 4.88. The number of carbonyl (C=O) groups excluding carboxylic acids is 2. The maximum atomic E-state index is 12.7. The normalized spacial score (nSPS) is 20.2. The van der Waals surface area contributed by atoms with Crippen LogP contribution < -0.4 is 4.74 Å². The van der Waals surface area contributed by atoms with Gasteiger partial charge in [-0.05, 0) is 25.1 Å². The fourth-order valence-corrected chi connectivity index (χ4v) is 4.37. The van der Waals surface area contributed by atoms with Crippen LogP contribution in [0.5, 0.6) is 5.75 Å². The van der Waals surface area contributed by atoms with Crippen molar-refractivity contribution in [3.63, 3.8) is 0 Å². The Morgan fingerprint density at radius 3 is 2.84 bits per heavy atom. The Labute approximate surface area is 158 Å². The average Bonchev–Trinajstić information content (AvgIpc) is 2.60. The van der Waals surface area contributed by atoms with Gasteiger partial charge >= 0.3 is 5.97 Å².